The Hall–Kier alpha value is -1.02. The second-order valence-electron chi connectivity index (χ2n) is 3.75. The average Bonchev–Trinajstić information content (AvgIpc) is 2.33. The Morgan fingerprint density at radius 1 is 1.19 bits per heavy atom. The molecule has 0 unspecified atom stereocenters. The molecule has 1 saturated heterocycles. The molecular weight excluding hydrogens is 200 g/mol. The summed E-state index contributed by atoms with van der Waals surface area (Å²) in [6.07, 6.45) is 2.35. The van der Waals surface area contributed by atoms with Crippen LogP contribution in [0.15, 0.2) is 24.3 Å². The molecule has 2 rings (SSSR count). The van der Waals surface area contributed by atoms with E-state index in [1.165, 1.54) is 5.56 Å². The molecule has 0 radical (unpaired) electrons. The molecule has 1 aromatic carbocycles. The number of hydrogen-bond donors (Lipinski definition) is 0. The molecule has 90 valence electrons. The normalized spacial score (nSPS) is 16.2. The lowest BCUT2D eigenvalue weighted by atomic mass is 10.1. The lowest BCUT2D eigenvalue weighted by Gasteiger charge is -2.23. The Balaban J connectivity index is 0.000000606. The van der Waals surface area contributed by atoms with Crippen LogP contribution in [0.3, 0.4) is 0 Å². The molecule has 0 aromatic heterocycles. The maximum atomic E-state index is 5.86. The average molecular weight is 222 g/mol. The zero-order chi connectivity index (χ0) is 11.8. The van der Waals surface area contributed by atoms with Crippen LogP contribution in [0.5, 0.6) is 5.75 Å². The van der Waals surface area contributed by atoms with Crippen molar-refractivity contribution in [2.75, 3.05) is 13.2 Å². The largest absolute Gasteiger partial charge is 0.490 e. The first kappa shape index (κ1) is 13.0. The lowest BCUT2D eigenvalue weighted by Crippen LogP contribution is -2.25. The predicted octanol–water partition coefficient (Wildman–Crippen LogP) is 3.58. The van der Waals surface area contributed by atoms with Crippen LogP contribution in [0, 0.1) is 6.92 Å². The first-order valence-electron chi connectivity index (χ1n) is 6.16. The molecule has 1 aliphatic heterocycles. The van der Waals surface area contributed by atoms with Crippen LogP contribution in [-0.2, 0) is 4.74 Å². The van der Waals surface area contributed by atoms with E-state index in [9.17, 15) is 0 Å². The molecule has 0 N–H and O–H groups in total. The van der Waals surface area contributed by atoms with Crippen LogP contribution >= 0.6 is 0 Å². The van der Waals surface area contributed by atoms with Gasteiger partial charge in [0.2, 0.25) is 0 Å². The van der Waals surface area contributed by atoms with Gasteiger partial charge in [-0.05, 0) is 24.6 Å². The van der Waals surface area contributed by atoms with Gasteiger partial charge in [0, 0.05) is 12.8 Å². The van der Waals surface area contributed by atoms with Crippen molar-refractivity contribution in [3.63, 3.8) is 0 Å². The van der Waals surface area contributed by atoms with Crippen molar-refractivity contribution >= 4 is 0 Å². The van der Waals surface area contributed by atoms with Crippen LogP contribution in [0.25, 0.3) is 0 Å². The van der Waals surface area contributed by atoms with Gasteiger partial charge in [0.25, 0.3) is 0 Å². The quantitative estimate of drug-likeness (QED) is 0.761. The molecule has 1 aromatic rings. The first-order valence-corrected chi connectivity index (χ1v) is 6.16. The zero-order valence-electron chi connectivity index (χ0n) is 10.5. The molecule has 0 bridgehead atoms. The van der Waals surface area contributed by atoms with Crippen molar-refractivity contribution in [3.8, 4) is 5.75 Å². The standard InChI is InChI=1S/C12H16O2.C2H6/c1-10-3-2-4-12(9-10)14-11-5-7-13-8-6-11;1-2/h2-4,9,11H,5-8H2,1H3;1-2H3. The number of rotatable bonds is 2. The Labute approximate surface area is 98.6 Å². The first-order chi connectivity index (χ1) is 7.84. The van der Waals surface area contributed by atoms with Crippen molar-refractivity contribution in [2.45, 2.75) is 39.7 Å². The van der Waals surface area contributed by atoms with Gasteiger partial charge in [-0.25, -0.2) is 0 Å². The van der Waals surface area contributed by atoms with Gasteiger partial charge >= 0.3 is 0 Å². The van der Waals surface area contributed by atoms with Gasteiger partial charge in [0.05, 0.1) is 13.2 Å². The minimum Gasteiger partial charge on any atom is -0.490 e. The molecule has 2 heteroatoms. The molecule has 16 heavy (non-hydrogen) atoms. The Kier molecular flexibility index (Phi) is 5.94. The topological polar surface area (TPSA) is 18.5 Å². The maximum Gasteiger partial charge on any atom is 0.119 e. The van der Waals surface area contributed by atoms with Crippen molar-refractivity contribution in [2.24, 2.45) is 0 Å². The fraction of sp³-hybridized carbons (Fsp3) is 0.571. The van der Waals surface area contributed by atoms with Gasteiger partial charge in [0.1, 0.15) is 11.9 Å². The fourth-order valence-corrected chi connectivity index (χ4v) is 1.67. The van der Waals surface area contributed by atoms with Crippen molar-refractivity contribution < 1.29 is 9.47 Å². The summed E-state index contributed by atoms with van der Waals surface area (Å²) < 4.78 is 11.1. The highest BCUT2D eigenvalue weighted by molar-refractivity contribution is 5.27. The molecule has 0 amide bonds. The van der Waals surface area contributed by atoms with E-state index in [1.54, 1.807) is 0 Å². The van der Waals surface area contributed by atoms with E-state index in [0.717, 1.165) is 31.8 Å². The van der Waals surface area contributed by atoms with Gasteiger partial charge in [-0.3, -0.25) is 0 Å². The van der Waals surface area contributed by atoms with Crippen molar-refractivity contribution in [3.05, 3.63) is 29.8 Å². The SMILES string of the molecule is CC.Cc1cccc(OC2CCOCC2)c1. The second kappa shape index (κ2) is 7.29. The summed E-state index contributed by atoms with van der Waals surface area (Å²) in [6.45, 7) is 7.74. The van der Waals surface area contributed by atoms with Gasteiger partial charge in [-0.1, -0.05) is 26.0 Å². The highest BCUT2D eigenvalue weighted by atomic mass is 16.5. The smallest absolute Gasteiger partial charge is 0.119 e. The van der Waals surface area contributed by atoms with Gasteiger partial charge in [-0.2, -0.15) is 0 Å². The lowest BCUT2D eigenvalue weighted by molar-refractivity contribution is 0.0255. The van der Waals surface area contributed by atoms with E-state index in [2.05, 4.69) is 19.1 Å². The fourth-order valence-electron chi connectivity index (χ4n) is 1.67. The molecule has 0 saturated carbocycles. The van der Waals surface area contributed by atoms with Crippen LogP contribution in [-0.4, -0.2) is 19.3 Å². The molecular formula is C14H22O2. The maximum absolute atomic E-state index is 5.86. The molecule has 2 nitrogen and oxygen atoms in total. The molecule has 0 aliphatic carbocycles. The molecule has 0 atom stereocenters. The summed E-state index contributed by atoms with van der Waals surface area (Å²) in [5.74, 6) is 0.983. The molecule has 0 spiro atoms. The van der Waals surface area contributed by atoms with Gasteiger partial charge in [-0.15, -0.1) is 0 Å². The highest BCUT2D eigenvalue weighted by Gasteiger charge is 2.14. The zero-order valence-corrected chi connectivity index (χ0v) is 10.5. The minimum absolute atomic E-state index is 0.338. The summed E-state index contributed by atoms with van der Waals surface area (Å²) in [6, 6.07) is 8.21. The van der Waals surface area contributed by atoms with E-state index >= 15 is 0 Å². The third kappa shape index (κ3) is 4.23. The summed E-state index contributed by atoms with van der Waals surface area (Å²) in [5.41, 5.74) is 1.24. The molecule has 1 heterocycles. The highest BCUT2D eigenvalue weighted by Crippen LogP contribution is 2.18. The van der Waals surface area contributed by atoms with E-state index in [4.69, 9.17) is 9.47 Å². The predicted molar refractivity (Wildman–Crippen MR) is 67.0 cm³/mol. The number of hydrogen-bond acceptors (Lipinski definition) is 2. The Morgan fingerprint density at radius 3 is 2.50 bits per heavy atom. The van der Waals surface area contributed by atoms with E-state index in [0.29, 0.717) is 6.10 Å². The summed E-state index contributed by atoms with van der Waals surface area (Å²) in [7, 11) is 0. The number of aryl methyl sites for hydroxylation is 1. The second-order valence-corrected chi connectivity index (χ2v) is 3.75. The van der Waals surface area contributed by atoms with E-state index < -0.39 is 0 Å². The van der Waals surface area contributed by atoms with Crippen molar-refractivity contribution in [1.29, 1.82) is 0 Å². The van der Waals surface area contributed by atoms with Gasteiger partial charge < -0.3 is 9.47 Å². The van der Waals surface area contributed by atoms with E-state index in [-0.39, 0.29) is 0 Å². The molecule has 1 fully saturated rings. The minimum atomic E-state index is 0.338. The number of ether oxygens (including phenoxy) is 2. The summed E-state index contributed by atoms with van der Waals surface area (Å²) in [5, 5.41) is 0. The third-order valence-electron chi connectivity index (χ3n) is 2.46. The Morgan fingerprint density at radius 2 is 1.88 bits per heavy atom. The monoisotopic (exact) mass is 222 g/mol. The van der Waals surface area contributed by atoms with Crippen LogP contribution < -0.4 is 4.74 Å². The third-order valence-corrected chi connectivity index (χ3v) is 2.46. The van der Waals surface area contributed by atoms with Crippen LogP contribution in [0.1, 0.15) is 32.3 Å². The number of benzene rings is 1. The Bertz CT molecular complexity index is 291. The summed E-state index contributed by atoms with van der Waals surface area (Å²) >= 11 is 0. The van der Waals surface area contributed by atoms with Crippen molar-refractivity contribution in [1.82, 2.24) is 0 Å². The van der Waals surface area contributed by atoms with Crippen LogP contribution in [0.2, 0.25) is 0 Å². The molecule has 1 aliphatic rings. The summed E-state index contributed by atoms with van der Waals surface area (Å²) in [4.78, 5) is 0. The van der Waals surface area contributed by atoms with Gasteiger partial charge in [0.15, 0.2) is 0 Å². The van der Waals surface area contributed by atoms with E-state index in [1.807, 2.05) is 26.0 Å². The van der Waals surface area contributed by atoms with Crippen LogP contribution in [0.4, 0.5) is 0 Å².